The molecule has 8 nitrogen and oxygen atoms in total. The highest BCUT2D eigenvalue weighted by molar-refractivity contribution is 7.92. The molecule has 174 valence electrons. The molecular formula is C25H24N4O4S. The molecule has 1 heterocycles. The van der Waals surface area contributed by atoms with Gasteiger partial charge < -0.3 is 9.67 Å². The Bertz CT molecular complexity index is 1510. The molecule has 0 saturated carbocycles. The van der Waals surface area contributed by atoms with Crippen molar-refractivity contribution in [3.8, 4) is 5.88 Å². The fourth-order valence-corrected chi connectivity index (χ4v) is 5.32. The molecular weight excluding hydrogens is 452 g/mol. The van der Waals surface area contributed by atoms with Crippen LogP contribution in [0.25, 0.3) is 10.9 Å². The van der Waals surface area contributed by atoms with Crippen LogP contribution < -0.4 is 4.31 Å². The number of azo groups is 1. The molecule has 1 aromatic heterocycles. The van der Waals surface area contributed by atoms with Crippen molar-refractivity contribution in [1.82, 2.24) is 4.57 Å². The molecule has 0 aliphatic carbocycles. The molecule has 0 unspecified atom stereocenters. The number of carbonyl (C=O) groups is 1. The molecule has 1 N–H and O–H groups in total. The second-order valence-corrected chi connectivity index (χ2v) is 9.82. The van der Waals surface area contributed by atoms with E-state index in [2.05, 4.69) is 10.2 Å². The SMILES string of the molecule is Cc1ccc(N(CC(=O)N=Nc2c(O)n(C)c3ccccc23)S(=O)(=O)c2ccccc2)c(C)c1. The molecule has 0 spiro atoms. The number of hydrogen-bond donors (Lipinski definition) is 1. The summed E-state index contributed by atoms with van der Waals surface area (Å²) in [4.78, 5) is 12.9. The van der Waals surface area contributed by atoms with Crippen LogP contribution in [-0.2, 0) is 21.9 Å². The number of para-hydroxylation sites is 1. The van der Waals surface area contributed by atoms with E-state index in [4.69, 9.17) is 0 Å². The van der Waals surface area contributed by atoms with Crippen molar-refractivity contribution < 1.29 is 18.3 Å². The highest BCUT2D eigenvalue weighted by Gasteiger charge is 2.28. The van der Waals surface area contributed by atoms with Crippen molar-refractivity contribution in [2.45, 2.75) is 18.7 Å². The maximum Gasteiger partial charge on any atom is 0.285 e. The third-order valence-corrected chi connectivity index (χ3v) is 7.32. The van der Waals surface area contributed by atoms with E-state index in [1.807, 2.05) is 25.1 Å². The Morgan fingerprint density at radius 2 is 1.68 bits per heavy atom. The van der Waals surface area contributed by atoms with Crippen LogP contribution in [0.5, 0.6) is 5.88 Å². The third kappa shape index (κ3) is 4.29. The van der Waals surface area contributed by atoms with E-state index in [1.165, 1.54) is 16.7 Å². The molecule has 0 aliphatic rings. The predicted octanol–water partition coefficient (Wildman–Crippen LogP) is 5.01. The quantitative estimate of drug-likeness (QED) is 0.395. The van der Waals surface area contributed by atoms with Gasteiger partial charge in [-0.1, -0.05) is 54.1 Å². The van der Waals surface area contributed by atoms with Gasteiger partial charge >= 0.3 is 0 Å². The monoisotopic (exact) mass is 476 g/mol. The van der Waals surface area contributed by atoms with Gasteiger partial charge in [0.2, 0.25) is 5.88 Å². The first kappa shape index (κ1) is 23.2. The van der Waals surface area contributed by atoms with E-state index in [1.54, 1.807) is 56.4 Å². The van der Waals surface area contributed by atoms with Gasteiger partial charge in [-0.25, -0.2) is 8.42 Å². The summed E-state index contributed by atoms with van der Waals surface area (Å²) in [6.45, 7) is 3.15. The number of amides is 1. The summed E-state index contributed by atoms with van der Waals surface area (Å²) in [6.07, 6.45) is 0. The fraction of sp³-hybridized carbons (Fsp3) is 0.160. The predicted molar refractivity (Wildman–Crippen MR) is 131 cm³/mol. The Morgan fingerprint density at radius 1 is 1.00 bits per heavy atom. The van der Waals surface area contributed by atoms with Crippen molar-refractivity contribution in [3.63, 3.8) is 0 Å². The first-order valence-corrected chi connectivity index (χ1v) is 12.0. The van der Waals surface area contributed by atoms with E-state index in [0.717, 1.165) is 15.4 Å². The number of benzene rings is 3. The van der Waals surface area contributed by atoms with Gasteiger partial charge in [0.25, 0.3) is 15.9 Å². The van der Waals surface area contributed by atoms with Crippen LogP contribution in [0, 0.1) is 13.8 Å². The molecule has 34 heavy (non-hydrogen) atoms. The highest BCUT2D eigenvalue weighted by atomic mass is 32.2. The summed E-state index contributed by atoms with van der Waals surface area (Å²) in [6, 6.07) is 20.4. The Morgan fingerprint density at radius 3 is 2.38 bits per heavy atom. The molecule has 0 atom stereocenters. The lowest BCUT2D eigenvalue weighted by Crippen LogP contribution is -2.35. The summed E-state index contributed by atoms with van der Waals surface area (Å²) in [5.74, 6) is -0.910. The fourth-order valence-electron chi connectivity index (χ4n) is 3.82. The van der Waals surface area contributed by atoms with Crippen molar-refractivity contribution in [1.29, 1.82) is 0 Å². The summed E-state index contributed by atoms with van der Waals surface area (Å²) >= 11 is 0. The normalized spacial score (nSPS) is 11.9. The number of aromatic hydroxyl groups is 1. The number of aromatic nitrogens is 1. The van der Waals surface area contributed by atoms with Gasteiger partial charge in [-0.05, 0) is 43.7 Å². The number of anilines is 1. The largest absolute Gasteiger partial charge is 0.493 e. The number of fused-ring (bicyclic) bond motifs is 1. The lowest BCUT2D eigenvalue weighted by atomic mass is 10.1. The minimum absolute atomic E-state index is 0.0615. The molecule has 0 saturated heterocycles. The van der Waals surface area contributed by atoms with Crippen LogP contribution >= 0.6 is 0 Å². The smallest absolute Gasteiger partial charge is 0.285 e. The summed E-state index contributed by atoms with van der Waals surface area (Å²) in [7, 11) is -2.38. The van der Waals surface area contributed by atoms with Gasteiger partial charge in [0, 0.05) is 12.4 Å². The molecule has 4 aromatic rings. The first-order valence-electron chi connectivity index (χ1n) is 10.6. The third-order valence-electron chi connectivity index (χ3n) is 5.54. The minimum atomic E-state index is -4.05. The molecule has 0 aliphatic heterocycles. The van der Waals surface area contributed by atoms with E-state index in [0.29, 0.717) is 16.6 Å². The second-order valence-electron chi connectivity index (χ2n) is 7.96. The number of rotatable bonds is 6. The summed E-state index contributed by atoms with van der Waals surface area (Å²) in [5.41, 5.74) is 2.93. The maximum atomic E-state index is 13.5. The topological polar surface area (TPSA) is 104 Å². The Hall–Kier alpha value is -3.98. The van der Waals surface area contributed by atoms with Gasteiger partial charge in [-0.15, -0.1) is 10.2 Å². The van der Waals surface area contributed by atoms with Crippen LogP contribution in [0.4, 0.5) is 11.4 Å². The van der Waals surface area contributed by atoms with Crippen molar-refractivity contribution >= 4 is 38.2 Å². The Labute approximate surface area is 197 Å². The summed E-state index contributed by atoms with van der Waals surface area (Å²) < 4.78 is 29.5. The van der Waals surface area contributed by atoms with E-state index >= 15 is 0 Å². The highest BCUT2D eigenvalue weighted by Crippen LogP contribution is 2.37. The van der Waals surface area contributed by atoms with Crippen LogP contribution in [0.15, 0.2) is 87.9 Å². The lowest BCUT2D eigenvalue weighted by molar-refractivity contribution is -0.116. The second kappa shape index (κ2) is 9.11. The van der Waals surface area contributed by atoms with Crippen molar-refractivity contribution in [2.75, 3.05) is 10.8 Å². The maximum absolute atomic E-state index is 13.5. The van der Waals surface area contributed by atoms with Gasteiger partial charge in [0.15, 0.2) is 5.69 Å². The van der Waals surface area contributed by atoms with E-state index in [-0.39, 0.29) is 16.5 Å². The number of hydrogen-bond acceptors (Lipinski definition) is 5. The number of nitrogens with zero attached hydrogens (tertiary/aromatic N) is 4. The molecule has 1 amide bonds. The standard InChI is InChI=1S/C25H24N4O4S/c1-17-13-14-21(18(2)15-17)29(34(32,33)19-9-5-4-6-10-19)16-23(30)26-27-24-20-11-7-8-12-22(20)28(3)25(24)31/h4-15,31H,16H2,1-3H3. The van der Waals surface area contributed by atoms with Gasteiger partial charge in [-0.2, -0.15) is 0 Å². The zero-order chi connectivity index (χ0) is 24.5. The summed E-state index contributed by atoms with van der Waals surface area (Å²) in [5, 5.41) is 18.8. The number of aryl methyl sites for hydroxylation is 3. The zero-order valence-corrected chi connectivity index (χ0v) is 19.8. The average molecular weight is 477 g/mol. The Balaban J connectivity index is 1.71. The molecule has 4 rings (SSSR count). The van der Waals surface area contributed by atoms with Crippen molar-refractivity contribution in [3.05, 3.63) is 83.9 Å². The van der Waals surface area contributed by atoms with Crippen LogP contribution in [-0.4, -0.2) is 30.5 Å². The molecule has 9 heteroatoms. The van der Waals surface area contributed by atoms with Gasteiger partial charge in [0.1, 0.15) is 6.54 Å². The first-order chi connectivity index (χ1) is 16.2. The van der Waals surface area contributed by atoms with E-state index < -0.39 is 22.5 Å². The van der Waals surface area contributed by atoms with E-state index in [9.17, 15) is 18.3 Å². The number of sulfonamides is 1. The molecule has 0 radical (unpaired) electrons. The van der Waals surface area contributed by atoms with Crippen LogP contribution in [0.1, 0.15) is 11.1 Å². The molecule has 0 fully saturated rings. The molecule has 0 bridgehead atoms. The minimum Gasteiger partial charge on any atom is -0.493 e. The van der Waals surface area contributed by atoms with Crippen LogP contribution in [0.3, 0.4) is 0 Å². The van der Waals surface area contributed by atoms with Crippen molar-refractivity contribution in [2.24, 2.45) is 17.3 Å². The van der Waals surface area contributed by atoms with Gasteiger partial charge in [0.05, 0.1) is 16.1 Å². The van der Waals surface area contributed by atoms with Gasteiger partial charge in [-0.3, -0.25) is 9.10 Å². The average Bonchev–Trinajstić information content (AvgIpc) is 3.07. The zero-order valence-electron chi connectivity index (χ0n) is 19.0. The lowest BCUT2D eigenvalue weighted by Gasteiger charge is -2.25. The molecule has 3 aromatic carbocycles. The number of carbonyl (C=O) groups excluding carboxylic acids is 1. The van der Waals surface area contributed by atoms with Crippen LogP contribution in [0.2, 0.25) is 0 Å². The Kier molecular flexibility index (Phi) is 6.21.